The van der Waals surface area contributed by atoms with Crippen molar-refractivity contribution in [3.63, 3.8) is 0 Å². The largest absolute Gasteiger partial charge is 0.374 e. The number of alkyl halides is 1. The van der Waals surface area contributed by atoms with E-state index in [1.807, 2.05) is 0 Å². The number of halogens is 3. The Hall–Kier alpha value is -5.77. The molecular weight excluding hydrogens is 764 g/mol. The van der Waals surface area contributed by atoms with Crippen LogP contribution in [0.1, 0.15) is 57.8 Å². The van der Waals surface area contributed by atoms with Gasteiger partial charge >= 0.3 is 0 Å². The maximum absolute atomic E-state index is 15.7. The molecule has 0 radical (unpaired) electrons. The Morgan fingerprint density at radius 2 is 1.61 bits per heavy atom. The van der Waals surface area contributed by atoms with Crippen LogP contribution in [0.15, 0.2) is 77.9 Å². The molecule has 1 aliphatic carbocycles. The summed E-state index contributed by atoms with van der Waals surface area (Å²) in [5.74, 6) is -1.65. The van der Waals surface area contributed by atoms with Gasteiger partial charge in [0.2, 0.25) is 23.7 Å². The molecule has 0 bridgehead atoms. The zero-order valence-corrected chi connectivity index (χ0v) is 32.6. The fraction of sp³-hybridized carbons (Fsp3) is 0.442. The first-order valence-electron chi connectivity index (χ1n) is 20.5. The predicted molar refractivity (Wildman–Crippen MR) is 217 cm³/mol. The number of pyridine rings is 1. The molecule has 59 heavy (non-hydrogen) atoms. The van der Waals surface area contributed by atoms with Gasteiger partial charge in [0.15, 0.2) is 5.82 Å². The molecule has 2 aromatic carbocycles. The lowest BCUT2D eigenvalue weighted by molar-refractivity contribution is -0.133. The number of carbonyl (C=O) groups excluding carboxylic acids is 3. The average molecular weight is 812 g/mol. The van der Waals surface area contributed by atoms with Crippen molar-refractivity contribution in [3.8, 4) is 16.9 Å². The van der Waals surface area contributed by atoms with Crippen molar-refractivity contribution < 1.29 is 27.6 Å². The molecule has 0 spiro atoms. The second kappa shape index (κ2) is 17.6. The molecule has 3 unspecified atom stereocenters. The van der Waals surface area contributed by atoms with Crippen LogP contribution < -0.4 is 31.7 Å². The third-order valence-electron chi connectivity index (χ3n) is 12.1. The molecule has 4 fully saturated rings. The van der Waals surface area contributed by atoms with E-state index in [1.165, 1.54) is 16.7 Å². The maximum atomic E-state index is 15.7. The molecule has 2 aromatic heterocycles. The second-order valence-electron chi connectivity index (χ2n) is 16.0. The highest BCUT2D eigenvalue weighted by Gasteiger charge is 2.38. The number of imide groups is 1. The number of nitrogens with one attached hydrogen (secondary N) is 4. The number of aromatic nitrogens is 3. The van der Waals surface area contributed by atoms with E-state index in [9.17, 15) is 23.6 Å². The van der Waals surface area contributed by atoms with Crippen LogP contribution in [0, 0.1) is 17.6 Å². The Bertz CT molecular complexity index is 2240. The zero-order chi connectivity index (χ0) is 41.0. The molecule has 13 nitrogen and oxygen atoms in total. The Kier molecular flexibility index (Phi) is 11.9. The molecule has 310 valence electrons. The van der Waals surface area contributed by atoms with Crippen LogP contribution in [0.2, 0.25) is 0 Å². The second-order valence-corrected chi connectivity index (χ2v) is 16.0. The first-order chi connectivity index (χ1) is 28.6. The van der Waals surface area contributed by atoms with E-state index in [0.717, 1.165) is 31.9 Å². The Morgan fingerprint density at radius 1 is 0.814 bits per heavy atom. The van der Waals surface area contributed by atoms with Crippen LogP contribution in [0.4, 0.5) is 30.5 Å². The third kappa shape index (κ3) is 9.27. The lowest BCUT2D eigenvalue weighted by atomic mass is 9.89. The van der Waals surface area contributed by atoms with Crippen molar-refractivity contribution in [2.24, 2.45) is 5.92 Å². The number of nitrogens with zero attached hydrogens (tertiary/aromatic N) is 5. The van der Waals surface area contributed by atoms with Crippen molar-refractivity contribution in [2.45, 2.75) is 88.1 Å². The summed E-state index contributed by atoms with van der Waals surface area (Å²) in [7, 11) is 0. The van der Waals surface area contributed by atoms with Gasteiger partial charge in [0.1, 0.15) is 23.7 Å². The number of amides is 3. The van der Waals surface area contributed by atoms with Gasteiger partial charge in [-0.3, -0.25) is 34.0 Å². The summed E-state index contributed by atoms with van der Waals surface area (Å²) >= 11 is 0. The van der Waals surface area contributed by atoms with Crippen molar-refractivity contribution in [3.05, 3.63) is 95.0 Å². The highest BCUT2D eigenvalue weighted by Crippen LogP contribution is 2.32. The van der Waals surface area contributed by atoms with E-state index in [-0.39, 0.29) is 60.1 Å². The zero-order valence-electron chi connectivity index (χ0n) is 32.6. The fourth-order valence-corrected chi connectivity index (χ4v) is 8.87. The monoisotopic (exact) mass is 811 g/mol. The van der Waals surface area contributed by atoms with Crippen LogP contribution in [0.3, 0.4) is 0 Å². The van der Waals surface area contributed by atoms with E-state index in [4.69, 9.17) is 0 Å². The number of likely N-dealkylation sites (tertiary alicyclic amines) is 1. The van der Waals surface area contributed by atoms with Crippen molar-refractivity contribution in [2.75, 3.05) is 41.7 Å². The van der Waals surface area contributed by atoms with E-state index in [2.05, 4.69) is 36.1 Å². The molecule has 4 aromatic rings. The molecule has 3 amide bonds. The van der Waals surface area contributed by atoms with Crippen molar-refractivity contribution in [1.29, 1.82) is 0 Å². The van der Waals surface area contributed by atoms with Crippen LogP contribution in [-0.4, -0.2) is 93.7 Å². The molecule has 4 N–H and O–H groups in total. The number of hydrogen-bond donors (Lipinski definition) is 4. The van der Waals surface area contributed by atoms with Gasteiger partial charge in [0, 0.05) is 66.2 Å². The van der Waals surface area contributed by atoms with E-state index in [1.54, 1.807) is 59.6 Å². The summed E-state index contributed by atoms with van der Waals surface area (Å²) in [5.41, 5.74) is 1.78. The normalized spacial score (nSPS) is 24.3. The smallest absolute Gasteiger partial charge is 0.255 e. The minimum atomic E-state index is -1.19. The van der Waals surface area contributed by atoms with Gasteiger partial charge in [0.25, 0.3) is 5.56 Å². The summed E-state index contributed by atoms with van der Waals surface area (Å²) < 4.78 is 47.4. The standard InChI is InChI=1S/C43H48F3N9O4/c44-32-23-30(48-35-12-14-38(56)51-42(35)59)11-13-36(32)54-21-17-37(34(46)25-54)53-19-15-26(16-20-53)41(58)49-28-7-9-29(10-8-28)50-43-47-24-33(45)40(52-43)27-4-3-5-31(22-27)55-18-2-1-6-39(55)57/h1-6,11,13,18,22-24,26,28-29,34-35,37,48H,7-10,12,14-17,19-21,25H2,(H,49,58)(H,47,50,52)(H,51,56,59). The van der Waals surface area contributed by atoms with Crippen LogP contribution in [-0.2, 0) is 14.4 Å². The van der Waals surface area contributed by atoms with Gasteiger partial charge in [-0.2, -0.15) is 0 Å². The molecule has 3 saturated heterocycles. The lowest BCUT2D eigenvalue weighted by Gasteiger charge is -2.44. The summed E-state index contributed by atoms with van der Waals surface area (Å²) in [4.78, 5) is 61.8. The Balaban J connectivity index is 0.772. The molecular formula is C43H48F3N9O4. The van der Waals surface area contributed by atoms with Crippen LogP contribution >= 0.6 is 0 Å². The van der Waals surface area contributed by atoms with E-state index < -0.39 is 29.8 Å². The third-order valence-corrected chi connectivity index (χ3v) is 12.1. The average Bonchev–Trinajstić information content (AvgIpc) is 3.23. The summed E-state index contributed by atoms with van der Waals surface area (Å²) in [6, 6.07) is 15.6. The molecule has 1 saturated carbocycles. The topological polar surface area (TPSA) is 154 Å². The summed E-state index contributed by atoms with van der Waals surface area (Å²) in [6.45, 7) is 1.77. The number of rotatable bonds is 10. The quantitative estimate of drug-likeness (QED) is 0.162. The lowest BCUT2D eigenvalue weighted by Crippen LogP contribution is -2.55. The number of anilines is 3. The van der Waals surface area contributed by atoms with Crippen molar-refractivity contribution in [1.82, 2.24) is 30.1 Å². The van der Waals surface area contributed by atoms with Gasteiger partial charge < -0.3 is 20.9 Å². The van der Waals surface area contributed by atoms with Crippen molar-refractivity contribution >= 4 is 35.0 Å². The van der Waals surface area contributed by atoms with Gasteiger partial charge in [-0.25, -0.2) is 23.1 Å². The van der Waals surface area contributed by atoms with E-state index >= 15 is 8.78 Å². The van der Waals surface area contributed by atoms with Gasteiger partial charge in [-0.1, -0.05) is 18.2 Å². The fourth-order valence-electron chi connectivity index (χ4n) is 8.87. The first kappa shape index (κ1) is 40.0. The number of hydrogen-bond acceptors (Lipinski definition) is 10. The molecule has 3 aliphatic heterocycles. The Labute approximate surface area is 339 Å². The minimum absolute atomic E-state index is 0.0326. The summed E-state index contributed by atoms with van der Waals surface area (Å²) in [6.07, 6.45) is 7.04. The molecule has 5 heterocycles. The van der Waals surface area contributed by atoms with Gasteiger partial charge in [0.05, 0.1) is 18.4 Å². The summed E-state index contributed by atoms with van der Waals surface area (Å²) in [5, 5.41) is 11.9. The number of piperidine rings is 3. The SMILES string of the molecule is O=C1CCC(Nc2ccc(N3CCC(N4CCC(C(=O)NC5CCC(Nc6ncc(F)c(-c7cccc(-n8ccccc8=O)c7)n6)CC5)CC4)C(F)C3)c(F)c2)C(=O)N1. The highest BCUT2D eigenvalue weighted by atomic mass is 19.1. The van der Waals surface area contributed by atoms with Gasteiger partial charge in [-0.05, 0) is 101 Å². The molecule has 16 heteroatoms. The molecule has 4 aliphatic rings. The number of benzene rings is 2. The predicted octanol–water partition coefficient (Wildman–Crippen LogP) is 4.96. The first-order valence-corrected chi connectivity index (χ1v) is 20.5. The number of carbonyl (C=O) groups is 3. The van der Waals surface area contributed by atoms with Crippen LogP contribution in [0.25, 0.3) is 16.9 Å². The minimum Gasteiger partial charge on any atom is -0.374 e. The highest BCUT2D eigenvalue weighted by molar-refractivity contribution is 6.01. The maximum Gasteiger partial charge on any atom is 0.255 e. The Morgan fingerprint density at radius 3 is 2.36 bits per heavy atom. The van der Waals surface area contributed by atoms with Gasteiger partial charge in [-0.15, -0.1) is 0 Å². The molecule has 8 rings (SSSR count). The molecule has 3 atom stereocenters. The van der Waals surface area contributed by atoms with E-state index in [0.29, 0.717) is 73.9 Å². The van der Waals surface area contributed by atoms with Crippen LogP contribution in [0.5, 0.6) is 0 Å².